The van der Waals surface area contributed by atoms with Gasteiger partial charge in [-0.05, 0) is 0 Å². The molecule has 2 atom stereocenters. The van der Waals surface area contributed by atoms with Gasteiger partial charge < -0.3 is 21.3 Å². The molecule has 12 nitrogen and oxygen atoms in total. The summed E-state index contributed by atoms with van der Waals surface area (Å²) in [6.07, 6.45) is -0.347. The maximum absolute atomic E-state index is 11.8. The molecule has 0 aromatic carbocycles. The number of imide groups is 2. The number of nitrogens with one attached hydrogen (secondary N) is 6. The number of amides is 8. The fourth-order valence-electron chi connectivity index (χ4n) is 2.15. The van der Waals surface area contributed by atoms with Gasteiger partial charge in [-0.15, -0.1) is 0 Å². The summed E-state index contributed by atoms with van der Waals surface area (Å²) in [4.78, 5) is 68.1. The summed E-state index contributed by atoms with van der Waals surface area (Å²) in [5, 5.41) is 13.5. The highest BCUT2D eigenvalue weighted by molar-refractivity contribution is 6.03. The summed E-state index contributed by atoms with van der Waals surface area (Å²) in [5.41, 5.74) is 0. The van der Waals surface area contributed by atoms with Crippen LogP contribution in [0.5, 0.6) is 0 Å². The maximum atomic E-state index is 11.8. The second-order valence-corrected chi connectivity index (χ2v) is 5.14. The van der Waals surface area contributed by atoms with E-state index in [1.54, 1.807) is 0 Å². The summed E-state index contributed by atoms with van der Waals surface area (Å²) >= 11 is 0. The van der Waals surface area contributed by atoms with E-state index in [2.05, 4.69) is 21.3 Å². The molecule has 0 bridgehead atoms. The molecule has 12 heteroatoms. The molecular formula is C12H16N6O6. The normalized spacial score (nSPS) is 23.3. The van der Waals surface area contributed by atoms with Gasteiger partial charge in [-0.2, -0.15) is 0 Å². The van der Waals surface area contributed by atoms with Crippen molar-refractivity contribution in [1.29, 1.82) is 0 Å². The van der Waals surface area contributed by atoms with Gasteiger partial charge >= 0.3 is 12.1 Å². The first-order chi connectivity index (χ1) is 11.3. The van der Waals surface area contributed by atoms with Crippen LogP contribution in [-0.2, 0) is 19.2 Å². The van der Waals surface area contributed by atoms with Crippen LogP contribution in [0.2, 0.25) is 0 Å². The van der Waals surface area contributed by atoms with Gasteiger partial charge in [-0.25, -0.2) is 9.59 Å². The Balaban J connectivity index is 1.68. The lowest BCUT2D eigenvalue weighted by molar-refractivity contribution is -0.129. The molecule has 130 valence electrons. The van der Waals surface area contributed by atoms with Gasteiger partial charge in [0.15, 0.2) is 0 Å². The second-order valence-electron chi connectivity index (χ2n) is 5.14. The van der Waals surface area contributed by atoms with E-state index in [0.29, 0.717) is 0 Å². The molecule has 2 aliphatic heterocycles. The van der Waals surface area contributed by atoms with Crippen LogP contribution in [0.4, 0.5) is 9.59 Å². The third-order valence-corrected chi connectivity index (χ3v) is 3.25. The molecule has 0 aliphatic carbocycles. The van der Waals surface area contributed by atoms with Crippen LogP contribution in [0.3, 0.4) is 0 Å². The van der Waals surface area contributed by atoms with Gasteiger partial charge in [0.05, 0.1) is 12.8 Å². The molecule has 2 saturated heterocycles. The molecule has 24 heavy (non-hydrogen) atoms. The Hall–Kier alpha value is -3.18. The zero-order valence-corrected chi connectivity index (χ0v) is 12.4. The molecule has 2 unspecified atom stereocenters. The predicted molar refractivity (Wildman–Crippen MR) is 76.2 cm³/mol. The van der Waals surface area contributed by atoms with Gasteiger partial charge in [0, 0.05) is 13.1 Å². The SMILES string of the molecule is O=C1CC(C(=O)NCCNC(=O)C2CC(=O)NC(=O)N2)NC(=O)N1. The van der Waals surface area contributed by atoms with Crippen LogP contribution in [0, 0.1) is 0 Å². The van der Waals surface area contributed by atoms with E-state index >= 15 is 0 Å². The standard InChI is InChI=1S/C12H16N6O6/c19-7-3-5(15-11(23)17-7)9(21)13-1-2-14-10(22)6-4-8(20)18-12(24)16-6/h5-6H,1-4H2,(H,13,21)(H,14,22)(H2,15,17,19,23)(H2,16,18,20,24). The molecule has 8 amide bonds. The molecule has 2 rings (SSSR count). The molecule has 6 N–H and O–H groups in total. The fourth-order valence-corrected chi connectivity index (χ4v) is 2.15. The van der Waals surface area contributed by atoms with Crippen molar-refractivity contribution in [1.82, 2.24) is 31.9 Å². The fraction of sp³-hybridized carbons (Fsp3) is 0.500. The van der Waals surface area contributed by atoms with Crippen LogP contribution in [0.25, 0.3) is 0 Å². The predicted octanol–water partition coefficient (Wildman–Crippen LogP) is -3.58. The summed E-state index contributed by atoms with van der Waals surface area (Å²) < 4.78 is 0. The molecule has 0 aromatic heterocycles. The zero-order chi connectivity index (χ0) is 17.7. The second kappa shape index (κ2) is 7.39. The van der Waals surface area contributed by atoms with Gasteiger partial charge in [0.2, 0.25) is 23.6 Å². The van der Waals surface area contributed by atoms with Crippen molar-refractivity contribution in [3.63, 3.8) is 0 Å². The Morgan fingerprint density at radius 3 is 1.50 bits per heavy atom. The van der Waals surface area contributed by atoms with Crippen LogP contribution in [0.1, 0.15) is 12.8 Å². The third kappa shape index (κ3) is 4.66. The Bertz CT molecular complexity index is 521. The maximum Gasteiger partial charge on any atom is 0.322 e. The van der Waals surface area contributed by atoms with E-state index in [9.17, 15) is 28.8 Å². The average molecular weight is 340 g/mol. The molecular weight excluding hydrogens is 324 g/mol. The highest BCUT2D eigenvalue weighted by Crippen LogP contribution is 1.99. The molecule has 0 aromatic rings. The highest BCUT2D eigenvalue weighted by Gasteiger charge is 2.30. The van der Waals surface area contributed by atoms with Crippen LogP contribution < -0.4 is 31.9 Å². The topological polar surface area (TPSA) is 175 Å². The van der Waals surface area contributed by atoms with E-state index in [1.807, 2.05) is 10.6 Å². The Morgan fingerprint density at radius 1 is 0.792 bits per heavy atom. The molecule has 2 heterocycles. The van der Waals surface area contributed by atoms with Gasteiger partial charge in [-0.3, -0.25) is 29.8 Å². The number of hydrogen-bond donors (Lipinski definition) is 6. The van der Waals surface area contributed by atoms with Crippen LogP contribution >= 0.6 is 0 Å². The van der Waals surface area contributed by atoms with E-state index in [1.165, 1.54) is 0 Å². The summed E-state index contributed by atoms with van der Waals surface area (Å²) in [6, 6.07) is -3.43. The minimum Gasteiger partial charge on any atom is -0.353 e. The van der Waals surface area contributed by atoms with Crippen molar-refractivity contribution in [2.24, 2.45) is 0 Å². The van der Waals surface area contributed by atoms with Gasteiger partial charge in [0.25, 0.3) is 0 Å². The Morgan fingerprint density at radius 2 is 1.17 bits per heavy atom. The number of hydrogen-bond acceptors (Lipinski definition) is 6. The smallest absolute Gasteiger partial charge is 0.322 e. The van der Waals surface area contributed by atoms with Crippen molar-refractivity contribution in [3.05, 3.63) is 0 Å². The summed E-state index contributed by atoms with van der Waals surface area (Å²) in [5.74, 6) is -2.23. The van der Waals surface area contributed by atoms with Crippen molar-refractivity contribution in [2.75, 3.05) is 13.1 Å². The molecule has 2 fully saturated rings. The van der Waals surface area contributed by atoms with E-state index in [0.717, 1.165) is 0 Å². The Kier molecular flexibility index (Phi) is 5.29. The highest BCUT2D eigenvalue weighted by atomic mass is 16.2. The zero-order valence-electron chi connectivity index (χ0n) is 12.4. The lowest BCUT2D eigenvalue weighted by Gasteiger charge is -2.23. The van der Waals surface area contributed by atoms with Crippen molar-refractivity contribution in [3.8, 4) is 0 Å². The van der Waals surface area contributed by atoms with E-state index < -0.39 is 47.8 Å². The minimum absolute atomic E-state index is 0.0470. The minimum atomic E-state index is -0.969. The number of carbonyl (C=O) groups excluding carboxylic acids is 6. The number of urea groups is 2. The third-order valence-electron chi connectivity index (χ3n) is 3.25. The van der Waals surface area contributed by atoms with Crippen LogP contribution in [-0.4, -0.2) is 60.9 Å². The van der Waals surface area contributed by atoms with E-state index in [-0.39, 0.29) is 25.9 Å². The van der Waals surface area contributed by atoms with Crippen molar-refractivity contribution >= 4 is 35.7 Å². The average Bonchev–Trinajstić information content (AvgIpc) is 2.49. The number of carbonyl (C=O) groups is 6. The first-order valence-electron chi connectivity index (χ1n) is 7.11. The monoisotopic (exact) mass is 340 g/mol. The van der Waals surface area contributed by atoms with Crippen molar-refractivity contribution in [2.45, 2.75) is 24.9 Å². The largest absolute Gasteiger partial charge is 0.353 e. The molecule has 0 spiro atoms. The van der Waals surface area contributed by atoms with Gasteiger partial charge in [0.1, 0.15) is 12.1 Å². The lowest BCUT2D eigenvalue weighted by atomic mass is 10.1. The molecule has 2 aliphatic rings. The first kappa shape index (κ1) is 17.2. The quantitative estimate of drug-likeness (QED) is 0.282. The number of rotatable bonds is 5. The summed E-state index contributed by atoms with van der Waals surface area (Å²) in [7, 11) is 0. The van der Waals surface area contributed by atoms with E-state index in [4.69, 9.17) is 0 Å². The van der Waals surface area contributed by atoms with Gasteiger partial charge in [-0.1, -0.05) is 0 Å². The first-order valence-corrected chi connectivity index (χ1v) is 7.11. The lowest BCUT2D eigenvalue weighted by Crippen LogP contribution is -2.59. The summed E-state index contributed by atoms with van der Waals surface area (Å²) in [6.45, 7) is 0.0941. The molecule has 0 saturated carbocycles. The Labute approximate surface area is 135 Å². The van der Waals surface area contributed by atoms with Crippen LogP contribution in [0.15, 0.2) is 0 Å². The molecule has 0 radical (unpaired) electrons. The van der Waals surface area contributed by atoms with Crippen molar-refractivity contribution < 1.29 is 28.8 Å².